The highest BCUT2D eigenvalue weighted by molar-refractivity contribution is 7.17. The summed E-state index contributed by atoms with van der Waals surface area (Å²) in [6.45, 7) is 16.5. The number of hydrogen-bond donors (Lipinski definition) is 1. The molecule has 1 aliphatic heterocycles. The summed E-state index contributed by atoms with van der Waals surface area (Å²) in [6.07, 6.45) is 0. The van der Waals surface area contributed by atoms with Crippen LogP contribution in [-0.2, 0) is 4.74 Å². The molecule has 0 spiro atoms. The van der Waals surface area contributed by atoms with Crippen LogP contribution in [0.4, 0.5) is 5.69 Å². The lowest BCUT2D eigenvalue weighted by Crippen LogP contribution is -2.48. The average molecular weight is 401 g/mol. The van der Waals surface area contributed by atoms with E-state index in [0.29, 0.717) is 65.8 Å². The van der Waals surface area contributed by atoms with Gasteiger partial charge in [-0.25, -0.2) is 14.8 Å². The molecule has 8 heteroatoms. The fourth-order valence-corrected chi connectivity index (χ4v) is 3.67. The zero-order valence-electron chi connectivity index (χ0n) is 16.3. The molecule has 0 saturated carbocycles. The SMILES string of the molecule is [C-]#[N+]c1cc(-c2nc(C)c(C(=O)NN3CCOCC3)s2)ccc1OCC(C)C. The number of benzene rings is 1. The van der Waals surface area contributed by atoms with Crippen LogP contribution in [0.15, 0.2) is 18.2 Å². The van der Waals surface area contributed by atoms with Gasteiger partial charge in [0.2, 0.25) is 5.69 Å². The van der Waals surface area contributed by atoms with Gasteiger partial charge in [-0.3, -0.25) is 10.2 Å². The monoisotopic (exact) mass is 400 g/mol. The second kappa shape index (κ2) is 9.15. The molecule has 2 heterocycles. The number of aryl methyl sites for hydroxylation is 1. The lowest BCUT2D eigenvalue weighted by Gasteiger charge is -2.26. The summed E-state index contributed by atoms with van der Waals surface area (Å²) >= 11 is 1.33. The number of rotatable bonds is 6. The van der Waals surface area contributed by atoms with Crippen molar-refractivity contribution < 1.29 is 14.3 Å². The van der Waals surface area contributed by atoms with Crippen molar-refractivity contribution in [2.45, 2.75) is 20.8 Å². The number of amides is 1. The molecule has 2 aromatic rings. The minimum absolute atomic E-state index is 0.162. The summed E-state index contributed by atoms with van der Waals surface area (Å²) in [7, 11) is 0. The van der Waals surface area contributed by atoms with E-state index in [1.165, 1.54) is 11.3 Å². The molecule has 0 bridgehead atoms. The molecule has 148 valence electrons. The molecule has 0 atom stereocenters. The molecule has 28 heavy (non-hydrogen) atoms. The van der Waals surface area contributed by atoms with Crippen LogP contribution in [0.25, 0.3) is 15.4 Å². The van der Waals surface area contributed by atoms with Crippen LogP contribution in [0.1, 0.15) is 29.2 Å². The van der Waals surface area contributed by atoms with Crippen LogP contribution >= 0.6 is 11.3 Å². The molecule has 7 nitrogen and oxygen atoms in total. The van der Waals surface area contributed by atoms with Gasteiger partial charge in [-0.2, -0.15) is 0 Å². The van der Waals surface area contributed by atoms with Crippen LogP contribution in [-0.4, -0.2) is 48.8 Å². The van der Waals surface area contributed by atoms with Crippen LogP contribution < -0.4 is 10.2 Å². The van der Waals surface area contributed by atoms with Crippen molar-refractivity contribution in [2.24, 2.45) is 5.92 Å². The van der Waals surface area contributed by atoms with E-state index in [-0.39, 0.29) is 5.91 Å². The van der Waals surface area contributed by atoms with E-state index in [1.54, 1.807) is 12.1 Å². The van der Waals surface area contributed by atoms with Gasteiger partial charge < -0.3 is 9.47 Å². The van der Waals surface area contributed by atoms with Crippen molar-refractivity contribution in [1.82, 2.24) is 15.4 Å². The summed E-state index contributed by atoms with van der Waals surface area (Å²) in [5.41, 5.74) is 4.85. The van der Waals surface area contributed by atoms with E-state index in [0.717, 1.165) is 5.56 Å². The van der Waals surface area contributed by atoms with Crippen molar-refractivity contribution in [3.8, 4) is 16.3 Å². The predicted molar refractivity (Wildman–Crippen MR) is 109 cm³/mol. The number of carbonyl (C=O) groups excluding carboxylic acids is 1. The molecule has 1 aromatic carbocycles. The lowest BCUT2D eigenvalue weighted by molar-refractivity contribution is 0.0127. The first kappa shape index (κ1) is 20.3. The molecular weight excluding hydrogens is 376 g/mol. The number of nitrogens with one attached hydrogen (secondary N) is 1. The van der Waals surface area contributed by atoms with E-state index in [9.17, 15) is 4.79 Å². The van der Waals surface area contributed by atoms with Gasteiger partial charge in [-0.15, -0.1) is 11.3 Å². The Hall–Kier alpha value is -2.47. The van der Waals surface area contributed by atoms with Gasteiger partial charge in [0.05, 0.1) is 32.1 Å². The summed E-state index contributed by atoms with van der Waals surface area (Å²) in [5, 5.41) is 2.58. The topological polar surface area (TPSA) is 68.1 Å². The van der Waals surface area contributed by atoms with Crippen molar-refractivity contribution in [3.05, 3.63) is 40.2 Å². The Kier molecular flexibility index (Phi) is 6.62. The third-order valence-corrected chi connectivity index (χ3v) is 5.38. The van der Waals surface area contributed by atoms with Gasteiger partial charge in [0.25, 0.3) is 5.91 Å². The molecule has 1 saturated heterocycles. The predicted octanol–water partition coefficient (Wildman–Crippen LogP) is 3.68. The Morgan fingerprint density at radius 3 is 2.86 bits per heavy atom. The van der Waals surface area contributed by atoms with Crippen molar-refractivity contribution >= 4 is 22.9 Å². The Bertz CT molecular complexity index is 882. The fourth-order valence-electron chi connectivity index (χ4n) is 2.72. The van der Waals surface area contributed by atoms with Gasteiger partial charge in [0.1, 0.15) is 15.6 Å². The number of carbonyl (C=O) groups is 1. The van der Waals surface area contributed by atoms with Gasteiger partial charge in [0, 0.05) is 18.7 Å². The van der Waals surface area contributed by atoms with Crippen molar-refractivity contribution in [2.75, 3.05) is 32.9 Å². The second-order valence-corrected chi connectivity index (χ2v) is 7.97. The molecule has 0 radical (unpaired) electrons. The maximum absolute atomic E-state index is 12.6. The molecule has 3 rings (SSSR count). The van der Waals surface area contributed by atoms with Gasteiger partial charge in [-0.05, 0) is 25.0 Å². The van der Waals surface area contributed by atoms with Gasteiger partial charge in [0.15, 0.2) is 0 Å². The highest BCUT2D eigenvalue weighted by Crippen LogP contribution is 2.35. The van der Waals surface area contributed by atoms with Crippen LogP contribution in [0.2, 0.25) is 0 Å². The lowest BCUT2D eigenvalue weighted by atomic mass is 10.2. The number of thiazole rings is 1. The van der Waals surface area contributed by atoms with Gasteiger partial charge >= 0.3 is 0 Å². The number of hydrazine groups is 1. The fraction of sp³-hybridized carbons (Fsp3) is 0.450. The minimum atomic E-state index is -0.162. The van der Waals surface area contributed by atoms with E-state index >= 15 is 0 Å². The van der Waals surface area contributed by atoms with Crippen LogP contribution in [0.5, 0.6) is 5.75 Å². The first-order valence-corrected chi connectivity index (χ1v) is 10.1. The highest BCUT2D eigenvalue weighted by atomic mass is 32.1. The molecule has 1 N–H and O–H groups in total. The Balaban J connectivity index is 1.78. The number of aromatic nitrogens is 1. The summed E-state index contributed by atoms with van der Waals surface area (Å²) in [5.74, 6) is 0.795. The standard InChI is InChI=1S/C20H24N4O3S/c1-13(2)12-27-17-6-5-15(11-16(17)21-4)20-22-14(3)18(28-20)19(25)23-24-7-9-26-10-8-24/h5-6,11,13H,7-10,12H2,1-3H3,(H,23,25). The Labute approximate surface area is 169 Å². The first-order chi connectivity index (χ1) is 13.5. The average Bonchev–Trinajstić information content (AvgIpc) is 3.08. The van der Waals surface area contributed by atoms with Crippen molar-refractivity contribution in [1.29, 1.82) is 0 Å². The summed E-state index contributed by atoms with van der Waals surface area (Å²) in [4.78, 5) is 21.3. The number of hydrogen-bond acceptors (Lipinski definition) is 6. The molecule has 1 aliphatic rings. The Morgan fingerprint density at radius 2 is 2.18 bits per heavy atom. The largest absolute Gasteiger partial charge is 0.504 e. The minimum Gasteiger partial charge on any atom is -0.504 e. The molecule has 0 unspecified atom stereocenters. The first-order valence-electron chi connectivity index (χ1n) is 9.23. The second-order valence-electron chi connectivity index (χ2n) is 6.97. The number of ether oxygens (including phenoxy) is 2. The number of morpholine rings is 1. The maximum Gasteiger partial charge on any atom is 0.277 e. The van der Waals surface area contributed by atoms with Gasteiger partial charge in [-0.1, -0.05) is 19.9 Å². The maximum atomic E-state index is 12.6. The molecule has 1 amide bonds. The third-order valence-electron chi connectivity index (χ3n) is 4.17. The normalized spacial score (nSPS) is 14.7. The van der Waals surface area contributed by atoms with Crippen LogP contribution in [0, 0.1) is 19.4 Å². The summed E-state index contributed by atoms with van der Waals surface area (Å²) < 4.78 is 11.0. The van der Waals surface area contributed by atoms with E-state index in [1.807, 2.05) is 18.0 Å². The highest BCUT2D eigenvalue weighted by Gasteiger charge is 2.20. The molecular formula is C20H24N4O3S. The zero-order chi connectivity index (χ0) is 20.1. The zero-order valence-corrected chi connectivity index (χ0v) is 17.1. The van der Waals surface area contributed by atoms with Crippen molar-refractivity contribution in [3.63, 3.8) is 0 Å². The molecule has 0 aliphatic carbocycles. The summed E-state index contributed by atoms with van der Waals surface area (Å²) in [6, 6.07) is 5.45. The molecule has 1 fully saturated rings. The van der Waals surface area contributed by atoms with E-state index in [2.05, 4.69) is 29.1 Å². The third kappa shape index (κ3) is 4.87. The Morgan fingerprint density at radius 1 is 1.43 bits per heavy atom. The number of nitrogens with zero attached hydrogens (tertiary/aromatic N) is 3. The van der Waals surface area contributed by atoms with E-state index < -0.39 is 0 Å². The molecule has 1 aromatic heterocycles. The van der Waals surface area contributed by atoms with Crippen LogP contribution in [0.3, 0.4) is 0 Å². The quantitative estimate of drug-likeness (QED) is 0.749. The van der Waals surface area contributed by atoms with E-state index in [4.69, 9.17) is 16.0 Å². The smallest absolute Gasteiger partial charge is 0.277 e.